The predicted octanol–water partition coefficient (Wildman–Crippen LogP) is 2.57. The molecule has 0 radical (unpaired) electrons. The highest BCUT2D eigenvalue weighted by Crippen LogP contribution is 2.15. The first kappa shape index (κ1) is 16.9. The molecule has 0 aromatic rings. The van der Waals surface area contributed by atoms with Gasteiger partial charge < -0.3 is 15.1 Å². The number of hydrogen-bond acceptors (Lipinski definition) is 3. The Bertz CT molecular complexity index is 220. The maximum Gasteiger partial charge on any atom is 0.0220 e. The van der Waals surface area contributed by atoms with E-state index in [0.717, 1.165) is 12.1 Å². The molecule has 1 aliphatic heterocycles. The molecule has 0 amide bonds. The standard InChI is InChI=1S/C16H35N3/c1-5-11-17-15(6-2)9-7-12-18(3)14-16-10-8-13-19(16)4/h15-17H,5-14H2,1-4H3. The molecule has 3 nitrogen and oxygen atoms in total. The second-order valence-corrected chi connectivity index (χ2v) is 6.24. The van der Waals surface area contributed by atoms with Gasteiger partial charge in [-0.3, -0.25) is 0 Å². The highest BCUT2D eigenvalue weighted by Gasteiger charge is 2.21. The van der Waals surface area contributed by atoms with Gasteiger partial charge in [-0.05, 0) is 72.3 Å². The molecule has 1 rings (SSSR count). The fraction of sp³-hybridized carbons (Fsp3) is 1.00. The molecule has 0 saturated carbocycles. The van der Waals surface area contributed by atoms with Crippen LogP contribution in [0.5, 0.6) is 0 Å². The Morgan fingerprint density at radius 3 is 2.74 bits per heavy atom. The second-order valence-electron chi connectivity index (χ2n) is 6.24. The third-order valence-corrected chi connectivity index (χ3v) is 4.46. The summed E-state index contributed by atoms with van der Waals surface area (Å²) in [6, 6.07) is 1.52. The van der Waals surface area contributed by atoms with Crippen LogP contribution in [0.4, 0.5) is 0 Å². The summed E-state index contributed by atoms with van der Waals surface area (Å²) >= 11 is 0. The zero-order valence-electron chi connectivity index (χ0n) is 13.6. The van der Waals surface area contributed by atoms with Crippen molar-refractivity contribution in [2.24, 2.45) is 0 Å². The summed E-state index contributed by atoms with van der Waals surface area (Å²) in [6.07, 6.45) is 7.91. The van der Waals surface area contributed by atoms with Crippen molar-refractivity contribution in [1.29, 1.82) is 0 Å². The Balaban J connectivity index is 2.10. The summed E-state index contributed by atoms with van der Waals surface area (Å²) in [6.45, 7) is 9.49. The van der Waals surface area contributed by atoms with E-state index in [1.807, 2.05) is 0 Å². The molecule has 0 aliphatic carbocycles. The van der Waals surface area contributed by atoms with Gasteiger partial charge in [0, 0.05) is 18.6 Å². The predicted molar refractivity (Wildman–Crippen MR) is 84.8 cm³/mol. The van der Waals surface area contributed by atoms with Crippen LogP contribution in [0.15, 0.2) is 0 Å². The molecular formula is C16H35N3. The average molecular weight is 269 g/mol. The van der Waals surface area contributed by atoms with Gasteiger partial charge in [-0.25, -0.2) is 0 Å². The topological polar surface area (TPSA) is 18.5 Å². The molecule has 19 heavy (non-hydrogen) atoms. The first-order valence-electron chi connectivity index (χ1n) is 8.29. The molecular weight excluding hydrogens is 234 g/mol. The number of likely N-dealkylation sites (N-methyl/N-ethyl adjacent to an activating group) is 2. The van der Waals surface area contributed by atoms with Crippen LogP contribution in [0.2, 0.25) is 0 Å². The molecule has 1 fully saturated rings. The Morgan fingerprint density at radius 2 is 2.16 bits per heavy atom. The van der Waals surface area contributed by atoms with Crippen LogP contribution < -0.4 is 5.32 Å². The molecule has 1 aliphatic rings. The van der Waals surface area contributed by atoms with Gasteiger partial charge in [0.05, 0.1) is 0 Å². The van der Waals surface area contributed by atoms with Gasteiger partial charge in [-0.1, -0.05) is 13.8 Å². The zero-order chi connectivity index (χ0) is 14.1. The van der Waals surface area contributed by atoms with Crippen LogP contribution in [-0.4, -0.2) is 62.2 Å². The number of nitrogens with one attached hydrogen (secondary N) is 1. The van der Waals surface area contributed by atoms with Gasteiger partial charge in [0.15, 0.2) is 0 Å². The first-order chi connectivity index (χ1) is 9.17. The lowest BCUT2D eigenvalue weighted by atomic mass is 10.1. The lowest BCUT2D eigenvalue weighted by Gasteiger charge is -2.26. The molecule has 3 heteroatoms. The van der Waals surface area contributed by atoms with E-state index in [9.17, 15) is 0 Å². The van der Waals surface area contributed by atoms with Gasteiger partial charge in [-0.15, -0.1) is 0 Å². The van der Waals surface area contributed by atoms with Gasteiger partial charge >= 0.3 is 0 Å². The number of hydrogen-bond donors (Lipinski definition) is 1. The minimum atomic E-state index is 0.725. The van der Waals surface area contributed by atoms with Gasteiger partial charge in [0.2, 0.25) is 0 Å². The van der Waals surface area contributed by atoms with Gasteiger partial charge in [0.1, 0.15) is 0 Å². The third-order valence-electron chi connectivity index (χ3n) is 4.46. The Labute approximate surface area is 120 Å². The fourth-order valence-electron chi connectivity index (χ4n) is 3.07. The first-order valence-corrected chi connectivity index (χ1v) is 8.29. The summed E-state index contributed by atoms with van der Waals surface area (Å²) in [7, 11) is 4.56. The Kier molecular flexibility index (Phi) is 8.67. The summed E-state index contributed by atoms with van der Waals surface area (Å²) in [5.41, 5.74) is 0. The molecule has 0 bridgehead atoms. The Hall–Kier alpha value is -0.120. The van der Waals surface area contributed by atoms with Crippen molar-refractivity contribution in [3.63, 3.8) is 0 Å². The van der Waals surface area contributed by atoms with E-state index in [1.165, 1.54) is 64.7 Å². The lowest BCUT2D eigenvalue weighted by molar-refractivity contribution is 0.216. The van der Waals surface area contributed by atoms with E-state index in [-0.39, 0.29) is 0 Å². The van der Waals surface area contributed by atoms with Crippen LogP contribution >= 0.6 is 0 Å². The van der Waals surface area contributed by atoms with Crippen molar-refractivity contribution in [1.82, 2.24) is 15.1 Å². The van der Waals surface area contributed by atoms with Crippen LogP contribution in [0, 0.1) is 0 Å². The van der Waals surface area contributed by atoms with Gasteiger partial charge in [-0.2, -0.15) is 0 Å². The summed E-state index contributed by atoms with van der Waals surface area (Å²) in [4.78, 5) is 5.05. The number of rotatable bonds is 10. The minimum Gasteiger partial charge on any atom is -0.314 e. The molecule has 1 heterocycles. The van der Waals surface area contributed by atoms with Crippen molar-refractivity contribution >= 4 is 0 Å². The van der Waals surface area contributed by atoms with Crippen molar-refractivity contribution in [3.8, 4) is 0 Å². The molecule has 1 saturated heterocycles. The van der Waals surface area contributed by atoms with Crippen LogP contribution in [0.25, 0.3) is 0 Å². The van der Waals surface area contributed by atoms with Crippen molar-refractivity contribution in [3.05, 3.63) is 0 Å². The van der Waals surface area contributed by atoms with E-state index >= 15 is 0 Å². The molecule has 114 valence electrons. The molecule has 0 aromatic heterocycles. The Morgan fingerprint density at radius 1 is 1.37 bits per heavy atom. The van der Waals surface area contributed by atoms with E-state index < -0.39 is 0 Å². The number of nitrogens with zero attached hydrogens (tertiary/aromatic N) is 2. The molecule has 2 unspecified atom stereocenters. The van der Waals surface area contributed by atoms with E-state index in [2.05, 4.69) is 43.1 Å². The highest BCUT2D eigenvalue weighted by atomic mass is 15.2. The lowest BCUT2D eigenvalue weighted by Crippen LogP contribution is -2.37. The molecule has 1 N–H and O–H groups in total. The largest absolute Gasteiger partial charge is 0.314 e. The van der Waals surface area contributed by atoms with Crippen molar-refractivity contribution in [2.75, 3.05) is 40.3 Å². The van der Waals surface area contributed by atoms with Gasteiger partial charge in [0.25, 0.3) is 0 Å². The minimum absolute atomic E-state index is 0.725. The SMILES string of the molecule is CCCNC(CC)CCCN(C)CC1CCCN1C. The van der Waals surface area contributed by atoms with E-state index in [0.29, 0.717) is 0 Å². The van der Waals surface area contributed by atoms with Crippen LogP contribution in [0.1, 0.15) is 52.4 Å². The smallest absolute Gasteiger partial charge is 0.0220 e. The van der Waals surface area contributed by atoms with Crippen LogP contribution in [-0.2, 0) is 0 Å². The van der Waals surface area contributed by atoms with E-state index in [4.69, 9.17) is 0 Å². The maximum absolute atomic E-state index is 3.65. The average Bonchev–Trinajstić information content (AvgIpc) is 2.79. The normalized spacial score (nSPS) is 22.3. The monoisotopic (exact) mass is 269 g/mol. The third kappa shape index (κ3) is 6.73. The van der Waals surface area contributed by atoms with Crippen LogP contribution in [0.3, 0.4) is 0 Å². The van der Waals surface area contributed by atoms with Crippen molar-refractivity contribution < 1.29 is 0 Å². The van der Waals surface area contributed by atoms with E-state index in [1.54, 1.807) is 0 Å². The molecule has 0 aromatic carbocycles. The highest BCUT2D eigenvalue weighted by molar-refractivity contribution is 4.78. The maximum atomic E-state index is 3.65. The summed E-state index contributed by atoms with van der Waals surface area (Å²) in [5, 5.41) is 3.65. The molecule has 2 atom stereocenters. The summed E-state index contributed by atoms with van der Waals surface area (Å²) < 4.78 is 0. The fourth-order valence-corrected chi connectivity index (χ4v) is 3.07. The zero-order valence-corrected chi connectivity index (χ0v) is 13.6. The van der Waals surface area contributed by atoms with Crippen molar-refractivity contribution in [2.45, 2.75) is 64.5 Å². The summed E-state index contributed by atoms with van der Waals surface area (Å²) in [5.74, 6) is 0. The second kappa shape index (κ2) is 9.73. The number of likely N-dealkylation sites (tertiary alicyclic amines) is 1. The quantitative estimate of drug-likeness (QED) is 0.657. The molecule has 0 spiro atoms.